The lowest BCUT2D eigenvalue weighted by molar-refractivity contribution is 0.281. The Hall–Kier alpha value is -7.07. The summed E-state index contributed by atoms with van der Waals surface area (Å²) in [5.74, 6) is 1.15. The molecule has 0 fully saturated rings. The number of anilines is 2. The summed E-state index contributed by atoms with van der Waals surface area (Å²) >= 11 is 0. The molecule has 0 bridgehead atoms. The predicted octanol–water partition coefficient (Wildman–Crippen LogP) is 11.8. The quantitative estimate of drug-likeness (QED) is 0.0692. The lowest BCUT2D eigenvalue weighted by Crippen LogP contribution is -1.99. The second-order valence-electron chi connectivity index (χ2n) is 12.7. The molecule has 14 nitrogen and oxygen atoms in total. The molecule has 0 amide bonds. The van der Waals surface area contributed by atoms with Crippen LogP contribution in [-0.2, 0) is 16.7 Å². The molecule has 7 aromatic rings. The van der Waals surface area contributed by atoms with E-state index in [1.165, 1.54) is 19.2 Å². The Balaban J connectivity index is 1.11. The monoisotopic (exact) mass is 781 g/mol. The van der Waals surface area contributed by atoms with Crippen LogP contribution in [-0.4, -0.2) is 37.4 Å². The molecule has 0 heterocycles. The Bertz CT molecular complexity index is 2840. The minimum absolute atomic E-state index is 0.00682. The van der Waals surface area contributed by atoms with Gasteiger partial charge in [0.1, 0.15) is 33.5 Å². The number of aryl methyl sites for hydroxylation is 1. The summed E-state index contributed by atoms with van der Waals surface area (Å²) in [6, 6.07) is 35.0. The largest absolute Gasteiger partial charge is 0.505 e. The van der Waals surface area contributed by atoms with Gasteiger partial charge < -0.3 is 25.0 Å². The minimum Gasteiger partial charge on any atom is -0.505 e. The van der Waals surface area contributed by atoms with E-state index in [4.69, 9.17) is 9.47 Å². The topological polar surface area (TPSA) is 199 Å². The SMILES string of the molecule is COc1ccc(Nc2ccc3c(O)c(N=Nc4cc(C)c(N=Nc5ccc(N=Nc6ccc(CO)cc6S(=O)(=O)O)c6ccccc56)cc4OC)ccc3c2)cc1. The van der Waals surface area contributed by atoms with Crippen molar-refractivity contribution in [3.8, 4) is 17.2 Å². The van der Waals surface area contributed by atoms with Crippen molar-refractivity contribution in [1.82, 2.24) is 0 Å². The molecule has 15 heteroatoms. The molecule has 286 valence electrons. The zero-order chi connectivity index (χ0) is 40.1. The third-order valence-corrected chi connectivity index (χ3v) is 9.89. The van der Waals surface area contributed by atoms with Gasteiger partial charge in [-0.05, 0) is 102 Å². The van der Waals surface area contributed by atoms with E-state index in [1.807, 2.05) is 79.7 Å². The highest BCUT2D eigenvalue weighted by Gasteiger charge is 2.17. The van der Waals surface area contributed by atoms with E-state index < -0.39 is 21.6 Å². The van der Waals surface area contributed by atoms with E-state index >= 15 is 0 Å². The number of aromatic hydroxyl groups is 1. The van der Waals surface area contributed by atoms with Gasteiger partial charge in [-0.2, -0.15) is 13.5 Å². The normalized spacial score (nSPS) is 12.0. The fraction of sp³-hybridized carbons (Fsp3) is 0.0952. The number of azo groups is 3. The van der Waals surface area contributed by atoms with Gasteiger partial charge in [-0.1, -0.05) is 36.4 Å². The number of methoxy groups -OCH3 is 2. The summed E-state index contributed by atoms with van der Waals surface area (Å²) in [7, 11) is -1.49. The highest BCUT2D eigenvalue weighted by molar-refractivity contribution is 7.86. The number of rotatable bonds is 12. The van der Waals surface area contributed by atoms with Crippen molar-refractivity contribution >= 4 is 77.2 Å². The summed E-state index contributed by atoms with van der Waals surface area (Å²) in [5.41, 5.74) is 4.90. The maximum absolute atomic E-state index is 12.0. The molecule has 0 radical (unpaired) electrons. The minimum atomic E-state index is -4.63. The van der Waals surface area contributed by atoms with Gasteiger partial charge in [0.05, 0.1) is 37.9 Å². The van der Waals surface area contributed by atoms with Crippen LogP contribution in [0.4, 0.5) is 45.5 Å². The fourth-order valence-corrected chi connectivity index (χ4v) is 6.70. The highest BCUT2D eigenvalue weighted by atomic mass is 32.2. The van der Waals surface area contributed by atoms with Crippen LogP contribution < -0.4 is 14.8 Å². The lowest BCUT2D eigenvalue weighted by Gasteiger charge is -2.10. The number of aliphatic hydroxyl groups is 1. The first kappa shape index (κ1) is 38.2. The Morgan fingerprint density at radius 3 is 1.84 bits per heavy atom. The van der Waals surface area contributed by atoms with Crippen molar-refractivity contribution in [3.63, 3.8) is 0 Å². The van der Waals surface area contributed by atoms with Crippen LogP contribution >= 0.6 is 0 Å². The highest BCUT2D eigenvalue weighted by Crippen LogP contribution is 2.41. The third-order valence-electron chi connectivity index (χ3n) is 9.01. The van der Waals surface area contributed by atoms with Crippen molar-refractivity contribution in [2.24, 2.45) is 30.7 Å². The van der Waals surface area contributed by atoms with E-state index in [-0.39, 0.29) is 17.1 Å². The first-order valence-electron chi connectivity index (χ1n) is 17.4. The molecule has 0 unspecified atom stereocenters. The number of hydrogen-bond acceptors (Lipinski definition) is 13. The van der Waals surface area contributed by atoms with Gasteiger partial charge in [0.25, 0.3) is 10.1 Å². The number of nitrogens with zero attached hydrogens (tertiary/aromatic N) is 6. The molecular formula is C42H35N7O7S. The molecule has 7 aromatic carbocycles. The number of phenolic OH excluding ortho intramolecular Hbond substituents is 1. The van der Waals surface area contributed by atoms with Crippen LogP contribution in [0.2, 0.25) is 0 Å². The molecular weight excluding hydrogens is 747 g/mol. The zero-order valence-electron chi connectivity index (χ0n) is 30.8. The molecule has 4 N–H and O–H groups in total. The van der Waals surface area contributed by atoms with Crippen LogP contribution in [0.5, 0.6) is 17.2 Å². The summed E-state index contributed by atoms with van der Waals surface area (Å²) in [5, 5.41) is 52.9. The van der Waals surface area contributed by atoms with Crippen molar-refractivity contribution < 1.29 is 32.7 Å². The van der Waals surface area contributed by atoms with E-state index in [0.29, 0.717) is 50.2 Å². The number of nitrogens with one attached hydrogen (secondary N) is 1. The predicted molar refractivity (Wildman–Crippen MR) is 218 cm³/mol. The third kappa shape index (κ3) is 8.45. The van der Waals surface area contributed by atoms with Gasteiger partial charge in [-0.25, -0.2) is 0 Å². The Morgan fingerprint density at radius 2 is 1.19 bits per heavy atom. The van der Waals surface area contributed by atoms with Gasteiger partial charge in [-0.15, -0.1) is 25.6 Å². The lowest BCUT2D eigenvalue weighted by atomic mass is 10.1. The number of hydrogen-bond donors (Lipinski definition) is 4. The molecule has 0 aromatic heterocycles. The average molecular weight is 782 g/mol. The molecule has 0 aliphatic carbocycles. The number of aliphatic hydroxyl groups excluding tert-OH is 1. The molecule has 7 rings (SSSR count). The van der Waals surface area contributed by atoms with E-state index in [1.54, 1.807) is 37.4 Å². The Labute approximate surface area is 327 Å². The summed E-state index contributed by atoms with van der Waals surface area (Å²) in [6.07, 6.45) is 0. The summed E-state index contributed by atoms with van der Waals surface area (Å²) in [4.78, 5) is -0.466. The second-order valence-corrected chi connectivity index (χ2v) is 14.1. The van der Waals surface area contributed by atoms with Gasteiger partial charge in [0.2, 0.25) is 0 Å². The molecule has 0 spiro atoms. The zero-order valence-corrected chi connectivity index (χ0v) is 31.6. The van der Waals surface area contributed by atoms with E-state index in [2.05, 4.69) is 36.0 Å². The van der Waals surface area contributed by atoms with Crippen molar-refractivity contribution in [3.05, 3.63) is 132 Å². The number of benzene rings is 7. The van der Waals surface area contributed by atoms with Gasteiger partial charge in [0, 0.05) is 33.6 Å². The standard InChI is InChI=1S/C42H35N7O7S/c1-25-20-39(49-47-37-17-9-27-22-29(12-15-31(27)42(37)51)43-28-10-13-30(55-2)14-11-28)40(56-3)23-38(25)48-45-35-19-18-34(32-6-4-5-7-33(32)35)44-46-36-16-8-26(24-50)21-41(36)57(52,53)54/h4-23,43,50-51H,24H2,1-3H3,(H,52,53,54). The van der Waals surface area contributed by atoms with Crippen molar-refractivity contribution in [2.45, 2.75) is 18.4 Å². The number of fused-ring (bicyclic) bond motifs is 2. The molecule has 0 saturated heterocycles. The van der Waals surface area contributed by atoms with Gasteiger partial charge in [-0.3, -0.25) is 4.55 Å². The van der Waals surface area contributed by atoms with Crippen LogP contribution in [0.1, 0.15) is 11.1 Å². The number of ether oxygens (including phenoxy) is 2. The van der Waals surface area contributed by atoms with Crippen LogP contribution in [0.25, 0.3) is 21.5 Å². The van der Waals surface area contributed by atoms with Gasteiger partial charge in [0.15, 0.2) is 5.75 Å². The molecule has 0 atom stereocenters. The number of phenols is 1. The molecule has 0 aliphatic heterocycles. The van der Waals surface area contributed by atoms with Crippen molar-refractivity contribution in [2.75, 3.05) is 19.5 Å². The molecule has 57 heavy (non-hydrogen) atoms. The molecule has 0 saturated carbocycles. The van der Waals surface area contributed by atoms with Crippen LogP contribution in [0.3, 0.4) is 0 Å². The first-order chi connectivity index (χ1) is 27.5. The maximum Gasteiger partial charge on any atom is 0.296 e. The molecule has 0 aliphatic rings. The Morgan fingerprint density at radius 1 is 0.596 bits per heavy atom. The van der Waals surface area contributed by atoms with Crippen LogP contribution in [0.15, 0.2) is 157 Å². The van der Waals surface area contributed by atoms with Crippen LogP contribution in [0, 0.1) is 6.92 Å². The van der Waals surface area contributed by atoms with Crippen molar-refractivity contribution in [1.29, 1.82) is 0 Å². The van der Waals surface area contributed by atoms with E-state index in [9.17, 15) is 23.2 Å². The van der Waals surface area contributed by atoms with Gasteiger partial charge >= 0.3 is 0 Å². The fourth-order valence-electron chi connectivity index (χ4n) is 6.02. The second kappa shape index (κ2) is 16.3. The maximum atomic E-state index is 12.0. The summed E-state index contributed by atoms with van der Waals surface area (Å²) in [6.45, 7) is 1.45. The summed E-state index contributed by atoms with van der Waals surface area (Å²) < 4.78 is 44.5. The average Bonchev–Trinajstić information content (AvgIpc) is 3.22. The Kier molecular flexibility index (Phi) is 11.0. The smallest absolute Gasteiger partial charge is 0.296 e. The van der Waals surface area contributed by atoms with E-state index in [0.717, 1.165) is 34.1 Å². The first-order valence-corrected chi connectivity index (χ1v) is 18.8.